The van der Waals surface area contributed by atoms with Gasteiger partial charge >= 0.3 is 11.9 Å². The molecule has 0 N–H and O–H groups in total. The highest BCUT2D eigenvalue weighted by Gasteiger charge is 2.34. The Bertz CT molecular complexity index is 339. The Morgan fingerprint density at radius 3 is 2.18 bits per heavy atom. The van der Waals surface area contributed by atoms with Crippen molar-refractivity contribution >= 4 is 11.9 Å². The first kappa shape index (κ1) is 18.9. The second-order valence-electron chi connectivity index (χ2n) is 6.14. The lowest BCUT2D eigenvalue weighted by Crippen LogP contribution is -2.53. The molecule has 1 amide bonds. The van der Waals surface area contributed by atoms with Crippen LogP contribution in [-0.4, -0.2) is 60.5 Å². The van der Waals surface area contributed by atoms with Gasteiger partial charge in [-0.25, -0.2) is 4.79 Å². The van der Waals surface area contributed by atoms with Gasteiger partial charge in [-0.05, 0) is 32.4 Å². The smallest absolute Gasteiger partial charge is 0.397 e. The molecule has 0 aromatic rings. The fourth-order valence-corrected chi connectivity index (χ4v) is 2.68. The monoisotopic (exact) mass is 312 g/mol. The minimum absolute atomic E-state index is 0.184. The van der Waals surface area contributed by atoms with Crippen molar-refractivity contribution in [3.8, 4) is 0 Å². The zero-order valence-corrected chi connectivity index (χ0v) is 14.5. The van der Waals surface area contributed by atoms with Crippen molar-refractivity contribution in [2.45, 2.75) is 65.4 Å². The van der Waals surface area contributed by atoms with E-state index < -0.39 is 11.9 Å². The fraction of sp³-hybridized carbons (Fsp3) is 0.882. The van der Waals surface area contributed by atoms with Crippen molar-refractivity contribution in [2.24, 2.45) is 0 Å². The number of amides is 1. The maximum atomic E-state index is 11.8. The van der Waals surface area contributed by atoms with Crippen molar-refractivity contribution < 1.29 is 14.3 Å². The molecule has 1 saturated heterocycles. The van der Waals surface area contributed by atoms with E-state index in [-0.39, 0.29) is 6.10 Å². The Morgan fingerprint density at radius 2 is 1.64 bits per heavy atom. The molecular formula is C17H32N2O3. The van der Waals surface area contributed by atoms with Gasteiger partial charge in [0.25, 0.3) is 0 Å². The molecule has 128 valence electrons. The zero-order chi connectivity index (χ0) is 16.4. The van der Waals surface area contributed by atoms with Crippen LogP contribution in [0.15, 0.2) is 0 Å². The third-order valence-electron chi connectivity index (χ3n) is 4.06. The molecule has 0 bridgehead atoms. The third-order valence-corrected chi connectivity index (χ3v) is 4.06. The number of hydrogen-bond acceptors (Lipinski definition) is 4. The van der Waals surface area contributed by atoms with Crippen LogP contribution in [0.5, 0.6) is 0 Å². The van der Waals surface area contributed by atoms with Crippen LogP contribution >= 0.6 is 0 Å². The first-order valence-corrected chi connectivity index (χ1v) is 8.84. The fourth-order valence-electron chi connectivity index (χ4n) is 2.68. The summed E-state index contributed by atoms with van der Waals surface area (Å²) in [6, 6.07) is 0. The molecule has 1 aliphatic heterocycles. The molecule has 5 nitrogen and oxygen atoms in total. The van der Waals surface area contributed by atoms with Gasteiger partial charge in [0.15, 0.2) is 0 Å². The van der Waals surface area contributed by atoms with Crippen LogP contribution in [-0.2, 0) is 14.3 Å². The van der Waals surface area contributed by atoms with Crippen molar-refractivity contribution in [2.75, 3.05) is 32.7 Å². The van der Waals surface area contributed by atoms with Crippen LogP contribution in [0.25, 0.3) is 0 Å². The van der Waals surface area contributed by atoms with Crippen LogP contribution < -0.4 is 0 Å². The van der Waals surface area contributed by atoms with Gasteiger partial charge in [-0.3, -0.25) is 9.69 Å². The van der Waals surface area contributed by atoms with E-state index in [4.69, 9.17) is 4.74 Å². The normalized spacial score (nSPS) is 18.9. The van der Waals surface area contributed by atoms with E-state index in [1.165, 1.54) is 0 Å². The maximum Gasteiger partial charge on any atom is 0.397 e. The van der Waals surface area contributed by atoms with Gasteiger partial charge in [0.05, 0.1) is 6.54 Å². The lowest BCUT2D eigenvalue weighted by molar-refractivity contribution is -0.173. The summed E-state index contributed by atoms with van der Waals surface area (Å²) in [6.45, 7) is 10.5. The largest absolute Gasteiger partial charge is 0.452 e. The summed E-state index contributed by atoms with van der Waals surface area (Å²) in [6.07, 6.45) is 6.40. The van der Waals surface area contributed by atoms with E-state index in [0.29, 0.717) is 13.1 Å². The Balaban J connectivity index is 2.56. The molecule has 0 radical (unpaired) electrons. The van der Waals surface area contributed by atoms with Crippen molar-refractivity contribution in [1.82, 2.24) is 9.80 Å². The van der Waals surface area contributed by atoms with E-state index >= 15 is 0 Å². The number of esters is 1. The number of hydrogen-bond donors (Lipinski definition) is 0. The highest BCUT2D eigenvalue weighted by Crippen LogP contribution is 2.12. The minimum Gasteiger partial charge on any atom is -0.452 e. The van der Waals surface area contributed by atoms with Gasteiger partial charge in [-0.15, -0.1) is 0 Å². The summed E-state index contributed by atoms with van der Waals surface area (Å²) in [4.78, 5) is 27.6. The average Bonchev–Trinajstić information content (AvgIpc) is 2.51. The topological polar surface area (TPSA) is 49.9 Å². The lowest BCUT2D eigenvalue weighted by atomic mass is 10.2. The highest BCUT2D eigenvalue weighted by atomic mass is 16.6. The Kier molecular flexibility index (Phi) is 9.13. The standard InChI is InChI=1S/C17H32N2O3/c1-4-7-10-18(11-8-5-2)13-15-14-19(12-9-6-3)16(20)17(21)22-15/h15H,4-14H2,1-3H3. The molecule has 0 aromatic carbocycles. The number of carbonyl (C=O) groups excluding carboxylic acids is 2. The maximum absolute atomic E-state index is 11.8. The molecule has 0 aliphatic carbocycles. The molecule has 5 heteroatoms. The number of carbonyl (C=O) groups is 2. The molecule has 1 rings (SSSR count). The Morgan fingerprint density at radius 1 is 1.05 bits per heavy atom. The van der Waals surface area contributed by atoms with Crippen LogP contribution in [0.3, 0.4) is 0 Å². The number of nitrogens with zero attached hydrogens (tertiary/aromatic N) is 2. The molecule has 1 atom stereocenters. The molecule has 22 heavy (non-hydrogen) atoms. The number of ether oxygens (including phenoxy) is 1. The Hall–Kier alpha value is -1.10. The van der Waals surface area contributed by atoms with Gasteiger partial charge < -0.3 is 9.64 Å². The van der Waals surface area contributed by atoms with E-state index in [1.807, 2.05) is 0 Å². The van der Waals surface area contributed by atoms with Gasteiger partial charge in [0, 0.05) is 13.1 Å². The zero-order valence-electron chi connectivity index (χ0n) is 14.5. The second-order valence-corrected chi connectivity index (χ2v) is 6.14. The van der Waals surface area contributed by atoms with Crippen LogP contribution in [0.2, 0.25) is 0 Å². The quantitative estimate of drug-likeness (QED) is 0.434. The molecule has 0 aromatic heterocycles. The summed E-state index contributed by atoms with van der Waals surface area (Å²) in [5.74, 6) is -1.16. The predicted octanol–water partition coefficient (Wildman–Crippen LogP) is 2.44. The van der Waals surface area contributed by atoms with Gasteiger partial charge in [-0.2, -0.15) is 0 Å². The van der Waals surface area contributed by atoms with E-state index in [2.05, 4.69) is 25.7 Å². The molecule has 0 spiro atoms. The van der Waals surface area contributed by atoms with Crippen molar-refractivity contribution in [1.29, 1.82) is 0 Å². The summed E-state index contributed by atoms with van der Waals surface area (Å²) < 4.78 is 5.33. The van der Waals surface area contributed by atoms with Crippen molar-refractivity contribution in [3.05, 3.63) is 0 Å². The minimum atomic E-state index is -0.682. The number of cyclic esters (lactones) is 1. The predicted molar refractivity (Wildman–Crippen MR) is 87.6 cm³/mol. The van der Waals surface area contributed by atoms with Crippen molar-refractivity contribution in [3.63, 3.8) is 0 Å². The first-order chi connectivity index (χ1) is 10.6. The number of morpholine rings is 1. The van der Waals surface area contributed by atoms with Crippen LogP contribution in [0, 0.1) is 0 Å². The molecule has 1 heterocycles. The first-order valence-electron chi connectivity index (χ1n) is 8.84. The number of unbranched alkanes of at least 4 members (excludes halogenated alkanes) is 3. The Labute approximate surface area is 135 Å². The molecule has 0 saturated carbocycles. The van der Waals surface area contributed by atoms with E-state index in [9.17, 15) is 9.59 Å². The molecule has 1 unspecified atom stereocenters. The van der Waals surface area contributed by atoms with Crippen LogP contribution in [0.1, 0.15) is 59.3 Å². The van der Waals surface area contributed by atoms with Gasteiger partial charge in [-0.1, -0.05) is 40.0 Å². The highest BCUT2D eigenvalue weighted by molar-refractivity contribution is 6.32. The van der Waals surface area contributed by atoms with E-state index in [1.54, 1.807) is 4.90 Å². The summed E-state index contributed by atoms with van der Waals surface area (Å²) in [5, 5.41) is 0. The van der Waals surface area contributed by atoms with Gasteiger partial charge in [0.1, 0.15) is 6.10 Å². The summed E-state index contributed by atoms with van der Waals surface area (Å²) >= 11 is 0. The second kappa shape index (κ2) is 10.6. The lowest BCUT2D eigenvalue weighted by Gasteiger charge is -2.34. The number of rotatable bonds is 11. The summed E-state index contributed by atoms with van der Waals surface area (Å²) in [5.41, 5.74) is 0. The molecule has 1 aliphatic rings. The SMILES string of the molecule is CCCCN(CCCC)CC1CN(CCCC)C(=O)C(=O)O1. The van der Waals surface area contributed by atoms with E-state index in [0.717, 1.165) is 58.2 Å². The van der Waals surface area contributed by atoms with Gasteiger partial charge in [0.2, 0.25) is 0 Å². The molecular weight excluding hydrogens is 280 g/mol. The van der Waals surface area contributed by atoms with Crippen LogP contribution in [0.4, 0.5) is 0 Å². The summed E-state index contributed by atoms with van der Waals surface area (Å²) in [7, 11) is 0. The average molecular weight is 312 g/mol. The molecule has 1 fully saturated rings. The third kappa shape index (κ3) is 6.34.